The number of hydrogen-bond acceptors (Lipinski definition) is 5. The van der Waals surface area contributed by atoms with Crippen molar-refractivity contribution in [2.45, 2.75) is 25.3 Å². The minimum Gasteiger partial charge on any atom is -0.338 e. The summed E-state index contributed by atoms with van der Waals surface area (Å²) in [4.78, 5) is 13.9. The lowest BCUT2D eigenvalue weighted by atomic mass is 9.91. The number of thiol groups is 1. The number of carbonyl (C=O) groups excluding carboxylic acids is 1. The van der Waals surface area contributed by atoms with Gasteiger partial charge in [-0.3, -0.25) is 9.89 Å². The molecule has 0 bridgehead atoms. The van der Waals surface area contributed by atoms with Crippen molar-refractivity contribution in [3.05, 3.63) is 18.0 Å². The number of carbonyl (C=O) groups is 1. The molecule has 0 radical (unpaired) electrons. The molecule has 0 saturated carbocycles. The molecule has 0 aliphatic carbocycles. The van der Waals surface area contributed by atoms with Gasteiger partial charge >= 0.3 is 0 Å². The van der Waals surface area contributed by atoms with Crippen LogP contribution in [0.3, 0.4) is 0 Å². The third kappa shape index (κ3) is 2.97. The molecule has 0 unspecified atom stereocenters. The maximum atomic E-state index is 12.1. The van der Waals surface area contributed by atoms with E-state index in [1.165, 1.54) is 11.0 Å². The molecule has 17 heavy (non-hydrogen) atoms. The van der Waals surface area contributed by atoms with Crippen LogP contribution in [-0.4, -0.2) is 39.6 Å². The fraction of sp³-hybridized carbons (Fsp3) is 0.600. The standard InChI is InChI=1S/C10H16N4OS2/c1-10(13-17-16)2-4-14(5-3-10)9(15)8-6-11-12-7-8/h6-7,13,16H,2-5H2,1H3,(H,11,12). The number of piperidine rings is 1. The van der Waals surface area contributed by atoms with Crippen LogP contribution in [-0.2, 0) is 0 Å². The molecule has 1 amide bonds. The molecular weight excluding hydrogens is 256 g/mol. The molecule has 2 heterocycles. The third-order valence-electron chi connectivity index (χ3n) is 3.19. The Balaban J connectivity index is 1.93. The van der Waals surface area contributed by atoms with Gasteiger partial charge in [0.15, 0.2) is 0 Å². The summed E-state index contributed by atoms with van der Waals surface area (Å²) in [5.41, 5.74) is 0.699. The van der Waals surface area contributed by atoms with Crippen molar-refractivity contribution in [2.24, 2.45) is 0 Å². The van der Waals surface area contributed by atoms with Gasteiger partial charge in [-0.15, -0.1) is 0 Å². The zero-order valence-electron chi connectivity index (χ0n) is 9.64. The van der Waals surface area contributed by atoms with Crippen LogP contribution in [0, 0.1) is 0 Å². The van der Waals surface area contributed by atoms with Crippen LogP contribution in [0.2, 0.25) is 0 Å². The maximum Gasteiger partial charge on any atom is 0.257 e. The molecule has 1 aromatic heterocycles. The van der Waals surface area contributed by atoms with Crippen LogP contribution in [0.25, 0.3) is 0 Å². The number of H-pyrrole nitrogens is 1. The van der Waals surface area contributed by atoms with Gasteiger partial charge in [-0.1, -0.05) is 11.7 Å². The normalized spacial score (nSPS) is 19.3. The molecule has 0 spiro atoms. The largest absolute Gasteiger partial charge is 0.338 e. The van der Waals surface area contributed by atoms with Crippen molar-refractivity contribution in [3.8, 4) is 0 Å². The first kappa shape index (κ1) is 12.8. The van der Waals surface area contributed by atoms with E-state index in [4.69, 9.17) is 0 Å². The lowest BCUT2D eigenvalue weighted by Crippen LogP contribution is -2.50. The Labute approximate surface area is 110 Å². The number of aromatic amines is 1. The monoisotopic (exact) mass is 272 g/mol. The van der Waals surface area contributed by atoms with E-state index in [1.807, 2.05) is 4.90 Å². The lowest BCUT2D eigenvalue weighted by molar-refractivity contribution is 0.0674. The summed E-state index contributed by atoms with van der Waals surface area (Å²) in [7, 11) is 1.34. The van der Waals surface area contributed by atoms with Gasteiger partial charge in [0, 0.05) is 24.8 Å². The summed E-state index contributed by atoms with van der Waals surface area (Å²) >= 11 is 4.11. The summed E-state index contributed by atoms with van der Waals surface area (Å²) in [6.45, 7) is 3.69. The summed E-state index contributed by atoms with van der Waals surface area (Å²) in [6.07, 6.45) is 5.07. The van der Waals surface area contributed by atoms with Crippen molar-refractivity contribution < 1.29 is 4.79 Å². The van der Waals surface area contributed by atoms with Gasteiger partial charge in [0.1, 0.15) is 0 Å². The number of nitrogens with one attached hydrogen (secondary N) is 2. The number of rotatable bonds is 3. The van der Waals surface area contributed by atoms with E-state index in [0.717, 1.165) is 25.9 Å². The zero-order valence-corrected chi connectivity index (χ0v) is 11.4. The van der Waals surface area contributed by atoms with Gasteiger partial charge in [-0.2, -0.15) is 5.10 Å². The van der Waals surface area contributed by atoms with Crippen molar-refractivity contribution in [3.63, 3.8) is 0 Å². The van der Waals surface area contributed by atoms with Gasteiger partial charge in [-0.05, 0) is 30.7 Å². The average molecular weight is 272 g/mol. The molecule has 7 heteroatoms. The molecule has 5 nitrogen and oxygen atoms in total. The molecule has 1 fully saturated rings. The smallest absolute Gasteiger partial charge is 0.257 e. The Hall–Kier alpha value is -0.660. The molecule has 1 saturated heterocycles. The highest BCUT2D eigenvalue weighted by Gasteiger charge is 2.31. The minimum atomic E-state index is 0.0549. The van der Waals surface area contributed by atoms with Crippen LogP contribution in [0.5, 0.6) is 0 Å². The number of amides is 1. The molecule has 1 aliphatic rings. The fourth-order valence-electron chi connectivity index (χ4n) is 1.97. The Kier molecular flexibility index (Phi) is 4.01. The van der Waals surface area contributed by atoms with Crippen LogP contribution >= 0.6 is 22.6 Å². The van der Waals surface area contributed by atoms with Gasteiger partial charge in [-0.25, -0.2) is 4.72 Å². The molecule has 2 rings (SSSR count). The number of hydrogen-bond donors (Lipinski definition) is 3. The highest BCUT2D eigenvalue weighted by Crippen LogP contribution is 2.25. The van der Waals surface area contributed by atoms with Crippen LogP contribution in [0.4, 0.5) is 0 Å². The molecule has 94 valence electrons. The molecular formula is C10H16N4OS2. The third-order valence-corrected chi connectivity index (χ3v) is 4.05. The average Bonchev–Trinajstić information content (AvgIpc) is 2.82. The fourth-order valence-corrected chi connectivity index (χ4v) is 3.05. The number of aromatic nitrogens is 2. The van der Waals surface area contributed by atoms with E-state index in [1.54, 1.807) is 12.4 Å². The van der Waals surface area contributed by atoms with Crippen molar-refractivity contribution in [1.29, 1.82) is 0 Å². The van der Waals surface area contributed by atoms with Crippen molar-refractivity contribution in [1.82, 2.24) is 19.8 Å². The second-order valence-corrected chi connectivity index (χ2v) is 5.47. The SMILES string of the molecule is CC1(NSS)CCN(C(=O)c2cn[nH]c2)CC1. The number of likely N-dealkylation sites (tertiary alicyclic amines) is 1. The van der Waals surface area contributed by atoms with Gasteiger partial charge in [0.05, 0.1) is 11.8 Å². The topological polar surface area (TPSA) is 61.0 Å². The Morgan fingerprint density at radius 2 is 2.35 bits per heavy atom. The van der Waals surface area contributed by atoms with Gasteiger partial charge in [0.2, 0.25) is 0 Å². The quantitative estimate of drug-likeness (QED) is 0.443. The summed E-state index contributed by atoms with van der Waals surface area (Å²) < 4.78 is 3.28. The predicted octanol–water partition coefficient (Wildman–Crippen LogP) is 1.49. The highest BCUT2D eigenvalue weighted by molar-refractivity contribution is 8.67. The highest BCUT2D eigenvalue weighted by atomic mass is 33.1. The zero-order chi connectivity index (χ0) is 12.3. The van der Waals surface area contributed by atoms with Crippen LogP contribution in [0.15, 0.2) is 12.4 Å². The summed E-state index contributed by atoms with van der Waals surface area (Å²) in [5, 5.41) is 6.46. The Morgan fingerprint density at radius 3 is 2.88 bits per heavy atom. The second kappa shape index (κ2) is 5.32. The molecule has 0 aromatic carbocycles. The first-order valence-electron chi connectivity index (χ1n) is 5.50. The summed E-state index contributed by atoms with van der Waals surface area (Å²) in [5.74, 6) is 0.0549. The molecule has 0 atom stereocenters. The lowest BCUT2D eigenvalue weighted by Gasteiger charge is -2.39. The van der Waals surface area contributed by atoms with Gasteiger partial charge < -0.3 is 4.90 Å². The minimum absolute atomic E-state index is 0.0549. The van der Waals surface area contributed by atoms with Crippen LogP contribution < -0.4 is 4.72 Å². The van der Waals surface area contributed by atoms with E-state index in [0.29, 0.717) is 5.56 Å². The first-order valence-corrected chi connectivity index (χ1v) is 7.37. The van der Waals surface area contributed by atoms with E-state index in [-0.39, 0.29) is 11.4 Å². The molecule has 1 aromatic rings. The van der Waals surface area contributed by atoms with E-state index < -0.39 is 0 Å². The van der Waals surface area contributed by atoms with E-state index in [9.17, 15) is 4.79 Å². The van der Waals surface area contributed by atoms with Crippen LogP contribution in [0.1, 0.15) is 30.1 Å². The van der Waals surface area contributed by atoms with Gasteiger partial charge in [0.25, 0.3) is 5.91 Å². The second-order valence-electron chi connectivity index (χ2n) is 4.53. The van der Waals surface area contributed by atoms with Crippen molar-refractivity contribution in [2.75, 3.05) is 13.1 Å². The summed E-state index contributed by atoms with van der Waals surface area (Å²) in [6, 6.07) is 0. The Bertz CT molecular complexity index is 374. The van der Waals surface area contributed by atoms with E-state index >= 15 is 0 Å². The molecule has 1 aliphatic heterocycles. The molecule has 2 N–H and O–H groups in total. The maximum absolute atomic E-state index is 12.1. The number of nitrogens with zero attached hydrogens (tertiary/aromatic N) is 2. The van der Waals surface area contributed by atoms with Crippen molar-refractivity contribution >= 4 is 28.5 Å². The first-order chi connectivity index (χ1) is 8.14. The predicted molar refractivity (Wildman–Crippen MR) is 71.8 cm³/mol. The van der Waals surface area contributed by atoms with E-state index in [2.05, 4.69) is 33.5 Å². The Morgan fingerprint density at radius 1 is 1.65 bits per heavy atom.